The third-order valence-electron chi connectivity index (χ3n) is 2.72. The Hall–Kier alpha value is -1.36. The lowest BCUT2D eigenvalue weighted by atomic mass is 10.1. The zero-order valence-corrected chi connectivity index (χ0v) is 12.0. The van der Waals surface area contributed by atoms with Gasteiger partial charge < -0.3 is 15.0 Å². The van der Waals surface area contributed by atoms with E-state index in [0.717, 1.165) is 24.6 Å². The van der Waals surface area contributed by atoms with E-state index in [4.69, 9.17) is 4.74 Å². The molecule has 0 atom stereocenters. The first-order valence-electron chi connectivity index (χ1n) is 6.32. The molecule has 1 heterocycles. The fourth-order valence-electron chi connectivity index (χ4n) is 1.57. The van der Waals surface area contributed by atoms with Crippen molar-refractivity contribution < 1.29 is 4.74 Å². The lowest BCUT2D eigenvalue weighted by Gasteiger charge is -2.20. The maximum Gasteiger partial charge on any atom is 0.158 e. The fraction of sp³-hybridized carbons (Fsp3) is 0.692. The van der Waals surface area contributed by atoms with E-state index in [2.05, 4.69) is 41.1 Å². The smallest absolute Gasteiger partial charge is 0.158 e. The summed E-state index contributed by atoms with van der Waals surface area (Å²) in [6, 6.07) is 1.96. The second-order valence-corrected chi connectivity index (χ2v) is 4.81. The fourth-order valence-corrected chi connectivity index (χ4v) is 1.57. The van der Waals surface area contributed by atoms with Crippen LogP contribution in [0.4, 0.5) is 11.6 Å². The van der Waals surface area contributed by atoms with Gasteiger partial charge in [0.05, 0.1) is 0 Å². The summed E-state index contributed by atoms with van der Waals surface area (Å²) in [4.78, 5) is 11.0. The second-order valence-electron chi connectivity index (χ2n) is 4.81. The van der Waals surface area contributed by atoms with Gasteiger partial charge in [-0.05, 0) is 12.3 Å². The Balaban J connectivity index is 2.82. The van der Waals surface area contributed by atoms with Gasteiger partial charge in [0, 0.05) is 33.8 Å². The molecule has 0 unspecified atom stereocenters. The number of hydrogen-bond acceptors (Lipinski definition) is 5. The Morgan fingerprint density at radius 2 is 2.11 bits per heavy atom. The van der Waals surface area contributed by atoms with Gasteiger partial charge in [0.1, 0.15) is 18.2 Å². The topological polar surface area (TPSA) is 50.3 Å². The Labute approximate surface area is 110 Å². The third kappa shape index (κ3) is 4.49. The van der Waals surface area contributed by atoms with Gasteiger partial charge >= 0.3 is 0 Å². The average Bonchev–Trinajstić information content (AvgIpc) is 2.35. The highest BCUT2D eigenvalue weighted by Gasteiger charge is 2.08. The van der Waals surface area contributed by atoms with E-state index >= 15 is 0 Å². The predicted molar refractivity (Wildman–Crippen MR) is 75.0 cm³/mol. The Kier molecular flexibility index (Phi) is 5.85. The van der Waals surface area contributed by atoms with Gasteiger partial charge in [-0.15, -0.1) is 0 Å². The molecule has 1 aromatic rings. The number of hydrogen-bond donors (Lipinski definition) is 1. The van der Waals surface area contributed by atoms with Crippen molar-refractivity contribution in [1.82, 2.24) is 9.97 Å². The third-order valence-corrected chi connectivity index (χ3v) is 2.72. The van der Waals surface area contributed by atoms with E-state index in [1.807, 2.05) is 13.1 Å². The van der Waals surface area contributed by atoms with E-state index in [1.165, 1.54) is 0 Å². The van der Waals surface area contributed by atoms with Gasteiger partial charge in [-0.1, -0.05) is 13.8 Å². The summed E-state index contributed by atoms with van der Waals surface area (Å²) in [5.74, 6) is 3.15. The molecule has 0 saturated heterocycles. The minimum absolute atomic E-state index is 0.431. The summed E-state index contributed by atoms with van der Waals surface area (Å²) in [6.45, 7) is 5.87. The number of methoxy groups -OCH3 is 1. The minimum atomic E-state index is 0.431. The van der Waals surface area contributed by atoms with Crippen LogP contribution < -0.4 is 10.2 Å². The average molecular weight is 252 g/mol. The molecule has 0 radical (unpaired) electrons. The summed E-state index contributed by atoms with van der Waals surface area (Å²) in [5.41, 5.74) is 0. The van der Waals surface area contributed by atoms with Crippen molar-refractivity contribution in [2.75, 3.05) is 38.0 Å². The van der Waals surface area contributed by atoms with Gasteiger partial charge in [0.15, 0.2) is 5.82 Å². The van der Waals surface area contributed by atoms with Gasteiger partial charge in [-0.2, -0.15) is 0 Å². The molecular formula is C13H24N4O. The van der Waals surface area contributed by atoms with Gasteiger partial charge in [0.2, 0.25) is 0 Å². The van der Waals surface area contributed by atoms with E-state index in [0.29, 0.717) is 18.3 Å². The number of nitrogens with zero attached hydrogens (tertiary/aromatic N) is 3. The molecule has 0 fully saturated rings. The molecule has 0 aliphatic heterocycles. The standard InChI is InChI=1S/C13H24N4O/c1-10(2)6-7-17(4)13-8-11(14-3)15-12(16-13)9-18-5/h8,10H,6-7,9H2,1-5H3,(H,14,15,16). The van der Waals surface area contributed by atoms with Crippen molar-refractivity contribution in [2.45, 2.75) is 26.9 Å². The van der Waals surface area contributed by atoms with Crippen LogP contribution in [0, 0.1) is 5.92 Å². The van der Waals surface area contributed by atoms with Crippen molar-refractivity contribution in [3.8, 4) is 0 Å². The highest BCUT2D eigenvalue weighted by Crippen LogP contribution is 2.16. The summed E-state index contributed by atoms with van der Waals surface area (Å²) in [5, 5.41) is 3.05. The molecule has 1 rings (SSSR count). The number of aromatic nitrogens is 2. The molecule has 0 bridgehead atoms. The Morgan fingerprint density at radius 1 is 1.39 bits per heavy atom. The SMILES string of the molecule is CNc1cc(N(C)CCC(C)C)nc(COC)n1. The molecule has 1 aromatic heterocycles. The molecule has 0 aliphatic carbocycles. The largest absolute Gasteiger partial charge is 0.377 e. The quantitative estimate of drug-likeness (QED) is 0.805. The molecule has 0 aromatic carbocycles. The number of anilines is 2. The van der Waals surface area contributed by atoms with Crippen LogP contribution in [-0.4, -0.2) is 37.7 Å². The Bertz CT molecular complexity index is 368. The predicted octanol–water partition coefficient (Wildman–Crippen LogP) is 2.15. The number of nitrogens with one attached hydrogen (secondary N) is 1. The molecule has 0 aliphatic rings. The molecule has 18 heavy (non-hydrogen) atoms. The summed E-state index contributed by atoms with van der Waals surface area (Å²) >= 11 is 0. The highest BCUT2D eigenvalue weighted by molar-refractivity contribution is 5.48. The minimum Gasteiger partial charge on any atom is -0.377 e. The molecule has 5 nitrogen and oxygen atoms in total. The van der Waals surface area contributed by atoms with Gasteiger partial charge in [-0.3, -0.25) is 0 Å². The van der Waals surface area contributed by atoms with Crippen molar-refractivity contribution in [3.63, 3.8) is 0 Å². The number of rotatable bonds is 7. The lowest BCUT2D eigenvalue weighted by Crippen LogP contribution is -2.22. The maximum atomic E-state index is 5.09. The van der Waals surface area contributed by atoms with Crippen LogP contribution in [0.15, 0.2) is 6.07 Å². The molecule has 1 N–H and O–H groups in total. The van der Waals surface area contributed by atoms with Crippen LogP contribution in [-0.2, 0) is 11.3 Å². The first kappa shape index (κ1) is 14.7. The van der Waals surface area contributed by atoms with Gasteiger partial charge in [-0.25, -0.2) is 9.97 Å². The molecule has 5 heteroatoms. The van der Waals surface area contributed by atoms with E-state index in [9.17, 15) is 0 Å². The second kappa shape index (κ2) is 7.16. The van der Waals surface area contributed by atoms with Crippen LogP contribution in [0.3, 0.4) is 0 Å². The lowest BCUT2D eigenvalue weighted by molar-refractivity contribution is 0.178. The monoisotopic (exact) mass is 252 g/mol. The Morgan fingerprint density at radius 3 is 2.67 bits per heavy atom. The van der Waals surface area contributed by atoms with Crippen molar-refractivity contribution in [1.29, 1.82) is 0 Å². The molecule has 0 amide bonds. The van der Waals surface area contributed by atoms with Crippen molar-refractivity contribution in [3.05, 3.63) is 11.9 Å². The molecule has 0 saturated carbocycles. The summed E-state index contributed by atoms with van der Waals surface area (Å²) < 4.78 is 5.09. The number of ether oxygens (including phenoxy) is 1. The van der Waals surface area contributed by atoms with Gasteiger partial charge in [0.25, 0.3) is 0 Å². The van der Waals surface area contributed by atoms with Crippen LogP contribution in [0.2, 0.25) is 0 Å². The van der Waals surface area contributed by atoms with E-state index in [1.54, 1.807) is 7.11 Å². The van der Waals surface area contributed by atoms with Crippen molar-refractivity contribution in [2.24, 2.45) is 5.92 Å². The first-order valence-corrected chi connectivity index (χ1v) is 6.32. The van der Waals surface area contributed by atoms with Crippen LogP contribution in [0.1, 0.15) is 26.1 Å². The van der Waals surface area contributed by atoms with Crippen LogP contribution >= 0.6 is 0 Å². The van der Waals surface area contributed by atoms with Crippen LogP contribution in [0.25, 0.3) is 0 Å². The normalized spacial score (nSPS) is 10.8. The zero-order valence-electron chi connectivity index (χ0n) is 12.0. The van der Waals surface area contributed by atoms with Crippen molar-refractivity contribution >= 4 is 11.6 Å². The van der Waals surface area contributed by atoms with Crippen LogP contribution in [0.5, 0.6) is 0 Å². The van der Waals surface area contributed by atoms with E-state index in [-0.39, 0.29) is 0 Å². The first-order chi connectivity index (χ1) is 8.56. The van der Waals surface area contributed by atoms with E-state index < -0.39 is 0 Å². The highest BCUT2D eigenvalue weighted by atomic mass is 16.5. The zero-order chi connectivity index (χ0) is 13.5. The summed E-state index contributed by atoms with van der Waals surface area (Å²) in [6.07, 6.45) is 1.15. The summed E-state index contributed by atoms with van der Waals surface area (Å²) in [7, 11) is 5.56. The molecule has 102 valence electrons. The molecule has 0 spiro atoms. The molecular weight excluding hydrogens is 228 g/mol. The maximum absolute atomic E-state index is 5.09.